The SMILES string of the molecule is CNCCCNC(=O)C1CC1C1CCCCC1.Cl. The van der Waals surface area contributed by atoms with Gasteiger partial charge in [-0.05, 0) is 38.3 Å². The summed E-state index contributed by atoms with van der Waals surface area (Å²) in [4.78, 5) is 11.9. The van der Waals surface area contributed by atoms with E-state index < -0.39 is 0 Å². The predicted octanol–water partition coefficient (Wildman–Crippen LogP) is 2.35. The minimum absolute atomic E-state index is 0. The topological polar surface area (TPSA) is 41.1 Å². The summed E-state index contributed by atoms with van der Waals surface area (Å²) >= 11 is 0. The molecule has 0 bridgehead atoms. The first-order chi connectivity index (χ1) is 8.33. The minimum atomic E-state index is 0. The fraction of sp³-hybridized carbons (Fsp3) is 0.929. The zero-order valence-electron chi connectivity index (χ0n) is 11.4. The van der Waals surface area contributed by atoms with Crippen LogP contribution in [0.15, 0.2) is 0 Å². The Bertz CT molecular complexity index is 254. The van der Waals surface area contributed by atoms with Crippen LogP contribution in [0.25, 0.3) is 0 Å². The molecular weight excluding hydrogens is 248 g/mol. The molecule has 106 valence electrons. The molecule has 2 fully saturated rings. The van der Waals surface area contributed by atoms with E-state index in [2.05, 4.69) is 10.6 Å². The van der Waals surface area contributed by atoms with Gasteiger partial charge in [0.2, 0.25) is 5.91 Å². The third kappa shape index (κ3) is 4.43. The highest BCUT2D eigenvalue weighted by atomic mass is 35.5. The minimum Gasteiger partial charge on any atom is -0.356 e. The summed E-state index contributed by atoms with van der Waals surface area (Å²) in [7, 11) is 1.95. The number of hydrogen-bond acceptors (Lipinski definition) is 2. The Morgan fingerprint density at radius 2 is 1.89 bits per heavy atom. The molecule has 4 heteroatoms. The molecule has 3 nitrogen and oxygen atoms in total. The largest absolute Gasteiger partial charge is 0.356 e. The molecule has 2 unspecified atom stereocenters. The molecule has 2 aliphatic carbocycles. The maximum Gasteiger partial charge on any atom is 0.223 e. The molecule has 0 aromatic carbocycles. The number of halogens is 1. The van der Waals surface area contributed by atoms with Gasteiger partial charge in [-0.15, -0.1) is 12.4 Å². The molecule has 2 saturated carbocycles. The summed E-state index contributed by atoms with van der Waals surface area (Å²) in [6, 6.07) is 0. The highest BCUT2D eigenvalue weighted by Gasteiger charge is 2.47. The monoisotopic (exact) mass is 274 g/mol. The van der Waals surface area contributed by atoms with E-state index in [1.807, 2.05) is 7.05 Å². The van der Waals surface area contributed by atoms with Crippen LogP contribution in [-0.4, -0.2) is 26.0 Å². The van der Waals surface area contributed by atoms with Crippen LogP contribution in [0.5, 0.6) is 0 Å². The lowest BCUT2D eigenvalue weighted by Crippen LogP contribution is -2.29. The van der Waals surface area contributed by atoms with Crippen LogP contribution in [0.4, 0.5) is 0 Å². The molecule has 0 spiro atoms. The first kappa shape index (κ1) is 15.8. The molecule has 0 aromatic rings. The van der Waals surface area contributed by atoms with Gasteiger partial charge in [0.05, 0.1) is 0 Å². The highest BCUT2D eigenvalue weighted by molar-refractivity contribution is 5.85. The third-order valence-corrected chi connectivity index (χ3v) is 4.33. The van der Waals surface area contributed by atoms with Gasteiger partial charge in [0.1, 0.15) is 0 Å². The molecule has 0 aromatic heterocycles. The van der Waals surface area contributed by atoms with Crippen molar-refractivity contribution in [2.75, 3.05) is 20.1 Å². The number of rotatable bonds is 6. The van der Waals surface area contributed by atoms with E-state index in [4.69, 9.17) is 0 Å². The fourth-order valence-corrected chi connectivity index (χ4v) is 3.21. The molecule has 0 heterocycles. The van der Waals surface area contributed by atoms with Gasteiger partial charge in [-0.3, -0.25) is 4.79 Å². The Balaban J connectivity index is 0.00000162. The third-order valence-electron chi connectivity index (χ3n) is 4.33. The van der Waals surface area contributed by atoms with E-state index in [0.717, 1.165) is 37.8 Å². The van der Waals surface area contributed by atoms with Crippen molar-refractivity contribution in [2.24, 2.45) is 17.8 Å². The standard InChI is InChI=1S/C14H26N2O.ClH/c1-15-8-5-9-16-14(17)13-10-12(13)11-6-3-2-4-7-11;/h11-13,15H,2-10H2,1H3,(H,16,17);1H. The Morgan fingerprint density at radius 3 is 2.56 bits per heavy atom. The van der Waals surface area contributed by atoms with Crippen LogP contribution < -0.4 is 10.6 Å². The Morgan fingerprint density at radius 1 is 1.17 bits per heavy atom. The zero-order chi connectivity index (χ0) is 12.1. The molecule has 2 rings (SSSR count). The van der Waals surface area contributed by atoms with Gasteiger partial charge in [-0.25, -0.2) is 0 Å². The van der Waals surface area contributed by atoms with Gasteiger partial charge >= 0.3 is 0 Å². The first-order valence-electron chi connectivity index (χ1n) is 7.25. The molecule has 0 aliphatic heterocycles. The zero-order valence-corrected chi connectivity index (χ0v) is 12.2. The number of nitrogens with one attached hydrogen (secondary N) is 2. The quantitative estimate of drug-likeness (QED) is 0.730. The van der Waals surface area contributed by atoms with Crippen molar-refractivity contribution >= 4 is 18.3 Å². The molecule has 0 saturated heterocycles. The lowest BCUT2D eigenvalue weighted by molar-refractivity contribution is -0.122. The van der Waals surface area contributed by atoms with Crippen LogP contribution in [-0.2, 0) is 4.79 Å². The van der Waals surface area contributed by atoms with Crippen molar-refractivity contribution in [3.63, 3.8) is 0 Å². The van der Waals surface area contributed by atoms with Gasteiger partial charge in [0.25, 0.3) is 0 Å². The number of carbonyl (C=O) groups is 1. The van der Waals surface area contributed by atoms with Crippen LogP contribution in [0.2, 0.25) is 0 Å². The van der Waals surface area contributed by atoms with Crippen molar-refractivity contribution in [3.8, 4) is 0 Å². The van der Waals surface area contributed by atoms with Gasteiger partial charge in [-0.2, -0.15) is 0 Å². The van der Waals surface area contributed by atoms with Crippen molar-refractivity contribution < 1.29 is 4.79 Å². The Hall–Kier alpha value is -0.280. The summed E-state index contributed by atoms with van der Waals surface area (Å²) in [6.07, 6.45) is 9.10. The number of hydrogen-bond donors (Lipinski definition) is 2. The molecule has 1 amide bonds. The van der Waals surface area contributed by atoms with Crippen LogP contribution in [0.1, 0.15) is 44.9 Å². The van der Waals surface area contributed by atoms with Crippen molar-refractivity contribution in [2.45, 2.75) is 44.9 Å². The van der Waals surface area contributed by atoms with Crippen LogP contribution in [0.3, 0.4) is 0 Å². The fourth-order valence-electron chi connectivity index (χ4n) is 3.21. The second kappa shape index (κ2) is 8.00. The lowest BCUT2D eigenvalue weighted by atomic mass is 9.85. The van der Waals surface area contributed by atoms with Gasteiger partial charge < -0.3 is 10.6 Å². The first-order valence-corrected chi connectivity index (χ1v) is 7.25. The number of amides is 1. The second-order valence-electron chi connectivity index (χ2n) is 5.65. The summed E-state index contributed by atoms with van der Waals surface area (Å²) in [5.41, 5.74) is 0. The molecule has 2 aliphatic rings. The normalized spacial score (nSPS) is 27.4. The van der Waals surface area contributed by atoms with E-state index in [-0.39, 0.29) is 12.4 Å². The average molecular weight is 275 g/mol. The van der Waals surface area contributed by atoms with E-state index in [1.165, 1.54) is 32.1 Å². The van der Waals surface area contributed by atoms with Crippen LogP contribution >= 0.6 is 12.4 Å². The Kier molecular flexibility index (Phi) is 7.02. The summed E-state index contributed by atoms with van der Waals surface area (Å²) < 4.78 is 0. The predicted molar refractivity (Wildman–Crippen MR) is 77.0 cm³/mol. The van der Waals surface area contributed by atoms with E-state index in [9.17, 15) is 4.79 Å². The maximum atomic E-state index is 11.9. The summed E-state index contributed by atoms with van der Waals surface area (Å²) in [6.45, 7) is 1.81. The Labute approximate surface area is 117 Å². The van der Waals surface area contributed by atoms with Crippen molar-refractivity contribution in [1.82, 2.24) is 10.6 Å². The van der Waals surface area contributed by atoms with Crippen molar-refractivity contribution in [3.05, 3.63) is 0 Å². The molecule has 0 radical (unpaired) electrons. The molecule has 2 N–H and O–H groups in total. The smallest absolute Gasteiger partial charge is 0.223 e. The van der Waals surface area contributed by atoms with Gasteiger partial charge in [-0.1, -0.05) is 32.1 Å². The van der Waals surface area contributed by atoms with E-state index in [0.29, 0.717) is 11.8 Å². The summed E-state index contributed by atoms with van der Waals surface area (Å²) in [5.74, 6) is 2.25. The summed E-state index contributed by atoms with van der Waals surface area (Å²) in [5, 5.41) is 6.17. The molecular formula is C14H27ClN2O. The van der Waals surface area contributed by atoms with Gasteiger partial charge in [0, 0.05) is 12.5 Å². The van der Waals surface area contributed by atoms with Gasteiger partial charge in [0.15, 0.2) is 0 Å². The highest BCUT2D eigenvalue weighted by Crippen LogP contribution is 2.49. The second-order valence-corrected chi connectivity index (χ2v) is 5.65. The maximum absolute atomic E-state index is 11.9. The van der Waals surface area contributed by atoms with E-state index in [1.54, 1.807) is 0 Å². The molecule has 18 heavy (non-hydrogen) atoms. The van der Waals surface area contributed by atoms with E-state index >= 15 is 0 Å². The van der Waals surface area contributed by atoms with Crippen molar-refractivity contribution in [1.29, 1.82) is 0 Å². The molecule has 2 atom stereocenters. The average Bonchev–Trinajstić information content (AvgIpc) is 3.16. The van der Waals surface area contributed by atoms with Crippen LogP contribution in [0, 0.1) is 17.8 Å². The lowest BCUT2D eigenvalue weighted by Gasteiger charge is -2.21. The number of carbonyl (C=O) groups excluding carboxylic acids is 1.